The summed E-state index contributed by atoms with van der Waals surface area (Å²) < 4.78 is 0. The quantitative estimate of drug-likeness (QED) is 0.0959. The SMILES string of the molecule is CC(C)C[C@@H](N)C(=O)O.NC(N)=NCCCC[C@@H](N)C(=O)O.N[C@H](CO)C(=O)O. The van der Waals surface area contributed by atoms with Gasteiger partial charge in [-0.3, -0.25) is 19.4 Å². The average molecular weight is 424 g/mol. The third kappa shape index (κ3) is 25.5. The molecule has 0 aliphatic rings. The van der Waals surface area contributed by atoms with Crippen LogP contribution in [0.4, 0.5) is 0 Å². The van der Waals surface area contributed by atoms with Crippen LogP contribution in [0.1, 0.15) is 39.5 Å². The van der Waals surface area contributed by atoms with Crippen molar-refractivity contribution in [2.75, 3.05) is 13.2 Å². The van der Waals surface area contributed by atoms with Crippen molar-refractivity contribution in [1.29, 1.82) is 0 Å². The molecule has 0 radical (unpaired) electrons. The van der Waals surface area contributed by atoms with Crippen LogP contribution in [0, 0.1) is 5.92 Å². The lowest BCUT2D eigenvalue weighted by atomic mass is 10.1. The maximum atomic E-state index is 10.3. The predicted octanol–water partition coefficient (Wildman–Crippen LogP) is -2.32. The number of carboxylic acid groups (broad SMARTS) is 3. The van der Waals surface area contributed by atoms with Crippen molar-refractivity contribution in [3.05, 3.63) is 0 Å². The number of nitrogens with two attached hydrogens (primary N) is 5. The summed E-state index contributed by atoms with van der Waals surface area (Å²) in [5, 5.41) is 32.6. The Hall–Kier alpha value is -2.48. The number of hydrogen-bond donors (Lipinski definition) is 9. The van der Waals surface area contributed by atoms with E-state index in [0.29, 0.717) is 31.7 Å². The fourth-order valence-corrected chi connectivity index (χ4v) is 1.49. The molecule has 0 fully saturated rings. The predicted molar refractivity (Wildman–Crippen MR) is 108 cm³/mol. The van der Waals surface area contributed by atoms with Gasteiger partial charge in [-0.25, -0.2) is 0 Å². The van der Waals surface area contributed by atoms with E-state index in [0.717, 1.165) is 6.42 Å². The van der Waals surface area contributed by atoms with Gasteiger partial charge in [0.15, 0.2) is 5.96 Å². The first-order valence-corrected chi connectivity index (χ1v) is 8.87. The van der Waals surface area contributed by atoms with Gasteiger partial charge in [-0.15, -0.1) is 0 Å². The zero-order valence-electron chi connectivity index (χ0n) is 16.9. The minimum Gasteiger partial charge on any atom is -0.480 e. The van der Waals surface area contributed by atoms with Gasteiger partial charge in [0.2, 0.25) is 0 Å². The number of carboxylic acids is 3. The fraction of sp³-hybridized carbons (Fsp3) is 0.750. The van der Waals surface area contributed by atoms with Crippen LogP contribution in [0.3, 0.4) is 0 Å². The molecule has 13 nitrogen and oxygen atoms in total. The first kappa shape index (κ1) is 31.2. The van der Waals surface area contributed by atoms with Crippen LogP contribution < -0.4 is 28.7 Å². The third-order valence-electron chi connectivity index (χ3n) is 3.09. The molecule has 0 heterocycles. The summed E-state index contributed by atoms with van der Waals surface area (Å²) in [6.45, 7) is 3.91. The van der Waals surface area contributed by atoms with E-state index in [1.807, 2.05) is 13.8 Å². The van der Waals surface area contributed by atoms with E-state index in [2.05, 4.69) is 4.99 Å². The molecule has 0 amide bonds. The zero-order chi connectivity index (χ0) is 23.6. The number of hydrogen-bond acceptors (Lipinski definition) is 8. The van der Waals surface area contributed by atoms with Crippen LogP contribution in [-0.2, 0) is 14.4 Å². The Balaban J connectivity index is -0.000000370. The number of unbranched alkanes of at least 4 members (excludes halogenated alkanes) is 1. The van der Waals surface area contributed by atoms with Gasteiger partial charge in [-0.05, 0) is 31.6 Å². The minimum atomic E-state index is -1.18. The zero-order valence-corrected chi connectivity index (χ0v) is 16.9. The molecule has 0 aliphatic heterocycles. The molecule has 0 saturated carbocycles. The number of aliphatic hydroxyl groups is 1. The summed E-state index contributed by atoms with van der Waals surface area (Å²) >= 11 is 0. The molecular formula is C16H36N6O7. The average Bonchev–Trinajstić information content (AvgIpc) is 2.60. The maximum Gasteiger partial charge on any atom is 0.322 e. The molecular weight excluding hydrogens is 388 g/mol. The highest BCUT2D eigenvalue weighted by molar-refractivity contribution is 5.75. The van der Waals surface area contributed by atoms with Crippen molar-refractivity contribution >= 4 is 23.9 Å². The molecule has 0 aromatic heterocycles. The molecule has 0 spiro atoms. The molecule has 14 N–H and O–H groups in total. The summed E-state index contributed by atoms with van der Waals surface area (Å²) in [5.41, 5.74) is 25.4. The topological polar surface area (TPSA) is 275 Å². The van der Waals surface area contributed by atoms with Crippen LogP contribution in [0.2, 0.25) is 0 Å². The Morgan fingerprint density at radius 1 is 0.828 bits per heavy atom. The lowest BCUT2D eigenvalue weighted by Gasteiger charge is -2.07. The summed E-state index contributed by atoms with van der Waals surface area (Å²) in [5.74, 6) is -2.65. The summed E-state index contributed by atoms with van der Waals surface area (Å²) in [6.07, 6.45) is 2.47. The second-order valence-corrected chi connectivity index (χ2v) is 6.45. The summed E-state index contributed by atoms with van der Waals surface area (Å²) in [6, 6.07) is -2.59. The molecule has 3 atom stereocenters. The molecule has 0 aromatic carbocycles. The van der Waals surface area contributed by atoms with Crippen molar-refractivity contribution in [2.24, 2.45) is 39.6 Å². The molecule has 0 aromatic rings. The van der Waals surface area contributed by atoms with Gasteiger partial charge in [0.05, 0.1) is 6.61 Å². The number of guanidine groups is 1. The van der Waals surface area contributed by atoms with E-state index in [1.165, 1.54) is 0 Å². The van der Waals surface area contributed by atoms with Crippen LogP contribution in [0.15, 0.2) is 4.99 Å². The Morgan fingerprint density at radius 2 is 1.28 bits per heavy atom. The first-order chi connectivity index (χ1) is 13.3. The van der Waals surface area contributed by atoms with Gasteiger partial charge >= 0.3 is 17.9 Å². The lowest BCUT2D eigenvalue weighted by molar-refractivity contribution is -0.140. The van der Waals surface area contributed by atoms with Crippen LogP contribution in [0.25, 0.3) is 0 Å². The van der Waals surface area contributed by atoms with Crippen LogP contribution >= 0.6 is 0 Å². The highest BCUT2D eigenvalue weighted by Crippen LogP contribution is 2.01. The third-order valence-corrected chi connectivity index (χ3v) is 3.09. The molecule has 0 saturated heterocycles. The van der Waals surface area contributed by atoms with E-state index in [9.17, 15) is 14.4 Å². The van der Waals surface area contributed by atoms with E-state index < -0.39 is 42.6 Å². The Kier molecular flexibility index (Phi) is 20.3. The van der Waals surface area contributed by atoms with E-state index >= 15 is 0 Å². The first-order valence-electron chi connectivity index (χ1n) is 8.87. The molecule has 13 heteroatoms. The normalized spacial score (nSPS) is 12.9. The summed E-state index contributed by atoms with van der Waals surface area (Å²) in [4.78, 5) is 33.8. The fourth-order valence-electron chi connectivity index (χ4n) is 1.49. The van der Waals surface area contributed by atoms with E-state index in [4.69, 9.17) is 49.1 Å². The largest absolute Gasteiger partial charge is 0.480 e. The van der Waals surface area contributed by atoms with Gasteiger partial charge in [-0.1, -0.05) is 13.8 Å². The van der Waals surface area contributed by atoms with Crippen LogP contribution in [0.5, 0.6) is 0 Å². The van der Waals surface area contributed by atoms with E-state index in [-0.39, 0.29) is 5.96 Å². The number of rotatable bonds is 11. The monoisotopic (exact) mass is 424 g/mol. The smallest absolute Gasteiger partial charge is 0.322 e. The van der Waals surface area contributed by atoms with Gasteiger partial charge in [-0.2, -0.15) is 0 Å². The van der Waals surface area contributed by atoms with Crippen molar-refractivity contribution in [1.82, 2.24) is 0 Å². The van der Waals surface area contributed by atoms with Crippen molar-refractivity contribution in [3.8, 4) is 0 Å². The van der Waals surface area contributed by atoms with Crippen molar-refractivity contribution < 1.29 is 34.8 Å². The van der Waals surface area contributed by atoms with E-state index in [1.54, 1.807) is 0 Å². The molecule has 172 valence electrons. The lowest BCUT2D eigenvalue weighted by Crippen LogP contribution is -2.33. The van der Waals surface area contributed by atoms with Gasteiger partial charge in [0.1, 0.15) is 18.1 Å². The Bertz CT molecular complexity index is 498. The molecule has 0 aliphatic carbocycles. The number of aliphatic carboxylic acids is 3. The maximum absolute atomic E-state index is 10.3. The van der Waals surface area contributed by atoms with Gasteiger partial charge < -0.3 is 49.1 Å². The highest BCUT2D eigenvalue weighted by Gasteiger charge is 2.12. The van der Waals surface area contributed by atoms with Crippen molar-refractivity contribution in [3.63, 3.8) is 0 Å². The number of aliphatic imine (C=N–C) groups is 1. The molecule has 0 bridgehead atoms. The molecule has 29 heavy (non-hydrogen) atoms. The number of carbonyl (C=O) groups is 3. The van der Waals surface area contributed by atoms with Gasteiger partial charge in [0, 0.05) is 6.54 Å². The van der Waals surface area contributed by atoms with Crippen molar-refractivity contribution in [2.45, 2.75) is 57.7 Å². The molecule has 0 rings (SSSR count). The Morgan fingerprint density at radius 3 is 1.52 bits per heavy atom. The summed E-state index contributed by atoms with van der Waals surface area (Å²) in [7, 11) is 0. The second-order valence-electron chi connectivity index (χ2n) is 6.45. The van der Waals surface area contributed by atoms with Crippen LogP contribution in [-0.4, -0.2) is 75.6 Å². The minimum absolute atomic E-state index is 0.0579. The number of aliphatic hydroxyl groups excluding tert-OH is 1. The van der Waals surface area contributed by atoms with Gasteiger partial charge in [0.25, 0.3) is 0 Å². The standard InChI is InChI=1S/C7H16N4O2.C6H13NO2.C3H7NO3/c8-5(6(12)13)3-1-2-4-11-7(9)10;1-4(2)3-5(7)6(8)9;4-2(1-5)3(6)7/h5H,1-4,8H2,(H,12,13)(H4,9,10,11);4-5H,3,7H2,1-2H3,(H,8,9);2,5H,1,4H2,(H,6,7)/t2*5-;2-/m111/s1. The Labute approximate surface area is 169 Å². The molecule has 0 unspecified atom stereocenters. The number of nitrogens with zero attached hydrogens (tertiary/aromatic N) is 1. The second kappa shape index (κ2) is 18.9. The highest BCUT2D eigenvalue weighted by atomic mass is 16.4.